The van der Waals surface area contributed by atoms with Gasteiger partial charge in [0, 0.05) is 0 Å². The van der Waals surface area contributed by atoms with Gasteiger partial charge < -0.3 is 9.47 Å². The van der Waals surface area contributed by atoms with E-state index in [2.05, 4.69) is 20.3 Å². The molecule has 0 spiro atoms. The second kappa shape index (κ2) is 12.0. The highest BCUT2D eigenvalue weighted by Gasteiger charge is 2.27. The molecule has 13 heteroatoms. The fourth-order valence-corrected chi connectivity index (χ4v) is 5.84. The van der Waals surface area contributed by atoms with Crippen LogP contribution in [0.15, 0.2) is 57.8 Å². The first-order chi connectivity index (χ1) is 16.7. The summed E-state index contributed by atoms with van der Waals surface area (Å²) in [6.45, 7) is 3.68. The molecule has 0 saturated carbocycles. The normalized spacial score (nSPS) is 11.1. The van der Waals surface area contributed by atoms with Gasteiger partial charge in [0.2, 0.25) is 11.0 Å². The van der Waals surface area contributed by atoms with Crippen molar-refractivity contribution in [3.63, 3.8) is 0 Å². The first-order valence-electron chi connectivity index (χ1n) is 10.4. The highest BCUT2D eigenvalue weighted by Crippen LogP contribution is 2.28. The monoisotopic (exact) mass is 536 g/mol. The lowest BCUT2D eigenvalue weighted by Gasteiger charge is -2.24. The smallest absolute Gasteiger partial charge is 0.316 e. The van der Waals surface area contributed by atoms with Gasteiger partial charge in [-0.2, -0.15) is 0 Å². The number of carbonyl (C=O) groups excluding carboxylic acids is 2. The number of nitrogens with one attached hydrogen (secondary N) is 1. The second-order valence-electron chi connectivity index (χ2n) is 7.04. The number of amides is 1. The highest BCUT2D eigenvalue weighted by molar-refractivity contribution is 8.01. The van der Waals surface area contributed by atoms with E-state index in [4.69, 9.17) is 4.74 Å². The zero-order chi connectivity index (χ0) is 25.4. The van der Waals surface area contributed by atoms with Crippen LogP contribution < -0.4 is 14.4 Å². The highest BCUT2D eigenvalue weighted by atomic mass is 32.2. The Morgan fingerprint density at radius 1 is 1.09 bits per heavy atom. The average Bonchev–Trinajstić information content (AvgIpc) is 3.29. The zero-order valence-electron chi connectivity index (χ0n) is 19.3. The van der Waals surface area contributed by atoms with Crippen molar-refractivity contribution >= 4 is 55.8 Å². The Morgan fingerprint density at radius 3 is 2.40 bits per heavy atom. The molecule has 0 atom stereocenters. The maximum atomic E-state index is 13.5. The molecule has 1 heterocycles. The van der Waals surface area contributed by atoms with Crippen molar-refractivity contribution in [3.05, 3.63) is 54.1 Å². The minimum Gasteiger partial charge on any atom is -0.494 e. The Balaban J connectivity index is 1.81. The molecular weight excluding hydrogens is 512 g/mol. The molecule has 0 bridgehead atoms. The molecule has 186 valence electrons. The molecule has 1 amide bonds. The molecule has 0 aliphatic carbocycles. The van der Waals surface area contributed by atoms with Gasteiger partial charge in [0.1, 0.15) is 12.3 Å². The van der Waals surface area contributed by atoms with E-state index >= 15 is 0 Å². The zero-order valence-corrected chi connectivity index (χ0v) is 21.7. The number of hydrogen-bond acceptors (Lipinski definition) is 10. The third kappa shape index (κ3) is 7.16. The topological polar surface area (TPSA) is 128 Å². The van der Waals surface area contributed by atoms with Crippen molar-refractivity contribution < 1.29 is 27.5 Å². The van der Waals surface area contributed by atoms with Crippen molar-refractivity contribution in [3.8, 4) is 5.75 Å². The van der Waals surface area contributed by atoms with E-state index in [-0.39, 0.29) is 15.8 Å². The fourth-order valence-electron chi connectivity index (χ4n) is 2.82. The van der Waals surface area contributed by atoms with Gasteiger partial charge in [-0.25, -0.2) is 8.42 Å². The summed E-state index contributed by atoms with van der Waals surface area (Å²) in [7, 11) is -2.77. The number of thioether (sulfide) groups is 1. The molecule has 1 aromatic heterocycles. The van der Waals surface area contributed by atoms with Crippen LogP contribution in [0.4, 0.5) is 10.8 Å². The van der Waals surface area contributed by atoms with Crippen molar-refractivity contribution in [1.82, 2.24) is 10.2 Å². The number of ether oxygens (including phenoxy) is 2. The van der Waals surface area contributed by atoms with Crippen LogP contribution in [0.25, 0.3) is 0 Å². The molecule has 0 aliphatic heterocycles. The van der Waals surface area contributed by atoms with Crippen LogP contribution >= 0.6 is 23.1 Å². The predicted molar refractivity (Wildman–Crippen MR) is 135 cm³/mol. The van der Waals surface area contributed by atoms with Gasteiger partial charge in [0.05, 0.1) is 30.1 Å². The number of sulfonamides is 1. The van der Waals surface area contributed by atoms with E-state index in [1.165, 1.54) is 19.2 Å². The van der Waals surface area contributed by atoms with E-state index in [0.29, 0.717) is 22.4 Å². The third-order valence-corrected chi connectivity index (χ3v) is 8.26. The number of methoxy groups -OCH3 is 1. The summed E-state index contributed by atoms with van der Waals surface area (Å²) in [5.41, 5.74) is 1.21. The summed E-state index contributed by atoms with van der Waals surface area (Å²) in [5, 5.41) is 10.5. The van der Waals surface area contributed by atoms with Crippen molar-refractivity contribution in [1.29, 1.82) is 0 Å². The van der Waals surface area contributed by atoms with Crippen LogP contribution in [0.2, 0.25) is 0 Å². The van der Waals surface area contributed by atoms with E-state index in [9.17, 15) is 18.0 Å². The average molecular weight is 537 g/mol. The largest absolute Gasteiger partial charge is 0.494 e. The molecule has 0 saturated heterocycles. The van der Waals surface area contributed by atoms with Gasteiger partial charge in [0.25, 0.3) is 10.0 Å². The Bertz CT molecular complexity index is 1260. The minimum absolute atomic E-state index is 0.0550. The Hall–Kier alpha value is -3.16. The fraction of sp³-hybridized carbons (Fsp3) is 0.273. The van der Waals surface area contributed by atoms with Gasteiger partial charge in [-0.05, 0) is 50.2 Å². The number of hydrogen-bond donors (Lipinski definition) is 1. The lowest BCUT2D eigenvalue weighted by molar-refractivity contribution is -0.137. The Kier molecular flexibility index (Phi) is 9.07. The van der Waals surface area contributed by atoms with Gasteiger partial charge in [0.15, 0.2) is 4.34 Å². The number of aryl methyl sites for hydroxylation is 1. The van der Waals surface area contributed by atoms with E-state index in [1.807, 2.05) is 13.8 Å². The summed E-state index contributed by atoms with van der Waals surface area (Å²) < 4.78 is 38.4. The first kappa shape index (κ1) is 26.4. The maximum Gasteiger partial charge on any atom is 0.316 e. The number of rotatable bonds is 11. The van der Waals surface area contributed by atoms with Crippen LogP contribution in [-0.2, 0) is 24.3 Å². The van der Waals surface area contributed by atoms with E-state index < -0.39 is 28.4 Å². The van der Waals surface area contributed by atoms with Gasteiger partial charge in [-0.3, -0.25) is 19.2 Å². The quantitative estimate of drug-likeness (QED) is 0.223. The number of aromatic nitrogens is 2. The summed E-state index contributed by atoms with van der Waals surface area (Å²) in [6.07, 6.45) is 0. The standard InChI is InChI=1S/C22H24N4O6S3/c1-4-32-17-9-7-16(8-10-17)26(35(29,30)18-11-5-15(2)6-12-18)13-19(27)23-21-24-25-22(34-21)33-14-20(28)31-3/h5-12H,4,13-14H2,1-3H3,(H,23,24,27). The molecule has 0 aliphatic rings. The predicted octanol–water partition coefficient (Wildman–Crippen LogP) is 3.34. The lowest BCUT2D eigenvalue weighted by Crippen LogP contribution is -2.38. The van der Waals surface area contributed by atoms with Crippen LogP contribution in [0.1, 0.15) is 12.5 Å². The third-order valence-electron chi connectivity index (χ3n) is 4.53. The molecule has 0 fully saturated rings. The summed E-state index contributed by atoms with van der Waals surface area (Å²) in [4.78, 5) is 24.2. The second-order valence-corrected chi connectivity index (χ2v) is 11.1. The molecular formula is C22H24N4O6S3. The minimum atomic E-state index is -4.06. The van der Waals surface area contributed by atoms with Gasteiger partial charge in [-0.15, -0.1) is 10.2 Å². The molecule has 3 aromatic rings. The van der Waals surface area contributed by atoms with E-state index in [1.54, 1.807) is 36.4 Å². The summed E-state index contributed by atoms with van der Waals surface area (Å²) >= 11 is 2.19. The lowest BCUT2D eigenvalue weighted by atomic mass is 10.2. The number of benzene rings is 2. The van der Waals surface area contributed by atoms with Crippen LogP contribution in [0, 0.1) is 6.92 Å². The molecule has 0 radical (unpaired) electrons. The Morgan fingerprint density at radius 2 is 1.77 bits per heavy atom. The first-order valence-corrected chi connectivity index (χ1v) is 13.6. The number of esters is 1. The number of anilines is 2. The van der Waals surface area contributed by atoms with Crippen LogP contribution in [0.3, 0.4) is 0 Å². The van der Waals surface area contributed by atoms with Crippen molar-refractivity contribution in [2.24, 2.45) is 0 Å². The van der Waals surface area contributed by atoms with Gasteiger partial charge >= 0.3 is 5.97 Å². The van der Waals surface area contributed by atoms with Crippen LogP contribution in [0.5, 0.6) is 5.75 Å². The van der Waals surface area contributed by atoms with Crippen LogP contribution in [-0.4, -0.2) is 56.5 Å². The molecule has 3 rings (SSSR count). The summed E-state index contributed by atoms with van der Waals surface area (Å²) in [5.74, 6) is -0.378. The van der Waals surface area contributed by atoms with Crippen molar-refractivity contribution in [2.75, 3.05) is 35.6 Å². The maximum absolute atomic E-state index is 13.5. The summed E-state index contributed by atoms with van der Waals surface area (Å²) in [6, 6.07) is 12.8. The molecule has 1 N–H and O–H groups in total. The number of carbonyl (C=O) groups is 2. The van der Waals surface area contributed by atoms with Crippen molar-refractivity contribution in [2.45, 2.75) is 23.1 Å². The SMILES string of the molecule is CCOc1ccc(N(CC(=O)Nc2nnc(SCC(=O)OC)s2)S(=O)(=O)c2ccc(C)cc2)cc1. The Labute approximate surface area is 211 Å². The molecule has 2 aromatic carbocycles. The molecule has 0 unspecified atom stereocenters. The van der Waals surface area contributed by atoms with E-state index in [0.717, 1.165) is 33.0 Å². The number of nitrogens with zero attached hydrogens (tertiary/aromatic N) is 3. The van der Waals surface area contributed by atoms with Gasteiger partial charge in [-0.1, -0.05) is 40.8 Å². The molecule has 35 heavy (non-hydrogen) atoms. The molecule has 10 nitrogen and oxygen atoms in total.